The predicted octanol–water partition coefficient (Wildman–Crippen LogP) is 5.49. The van der Waals surface area contributed by atoms with Crippen LogP contribution in [0.3, 0.4) is 0 Å². The fourth-order valence-electron chi connectivity index (χ4n) is 1.87. The summed E-state index contributed by atoms with van der Waals surface area (Å²) in [4.78, 5) is 0. The Morgan fingerprint density at radius 2 is 1.35 bits per heavy atom. The molecular weight excluding hydrogens is 450 g/mol. The molecule has 0 radical (unpaired) electrons. The number of benzene rings is 2. The van der Waals surface area contributed by atoms with Gasteiger partial charge >= 0.3 is 37.8 Å². The number of hydrogen-bond donors (Lipinski definition) is 0. The molecule has 9 heteroatoms. The van der Waals surface area contributed by atoms with E-state index in [0.29, 0.717) is 0 Å². The Bertz CT molecular complexity index is 793. The van der Waals surface area contributed by atoms with Gasteiger partial charge in [0, 0.05) is 11.6 Å². The van der Waals surface area contributed by atoms with Crippen molar-refractivity contribution in [2.45, 2.75) is 6.54 Å². The molecule has 0 spiro atoms. The molecule has 0 atom stereocenters. The first-order valence-electron chi connectivity index (χ1n) is 6.34. The van der Waals surface area contributed by atoms with Gasteiger partial charge in [-0.05, 0) is 6.07 Å². The summed E-state index contributed by atoms with van der Waals surface area (Å²) in [5.74, 6) is 0. The number of fused-ring (bicyclic) bond motifs is 1. The van der Waals surface area contributed by atoms with Crippen LogP contribution >= 0.6 is 11.3 Å². The molecule has 1 aromatic heterocycles. The molecule has 0 N–H and O–H groups in total. The zero-order valence-corrected chi connectivity index (χ0v) is 14.9. The van der Waals surface area contributed by atoms with Crippen molar-refractivity contribution >= 4 is 41.0 Å². The van der Waals surface area contributed by atoms with E-state index < -0.39 is 19.5 Å². The van der Waals surface area contributed by atoms with Crippen LogP contribution in [0.4, 0.5) is 16.9 Å². The third-order valence-corrected chi connectivity index (χ3v) is 3.64. The van der Waals surface area contributed by atoms with Gasteiger partial charge in [-0.15, -0.1) is 0 Å². The van der Waals surface area contributed by atoms with Crippen LogP contribution in [0.1, 0.15) is 6.99 Å². The zero-order valence-electron chi connectivity index (χ0n) is 12.6. The first kappa shape index (κ1) is 18.1. The van der Waals surface area contributed by atoms with E-state index in [0.717, 1.165) is 6.54 Å². The number of rotatable bonds is 2. The summed E-state index contributed by atoms with van der Waals surface area (Å²) in [7, 11) is 0. The van der Waals surface area contributed by atoms with Gasteiger partial charge in [-0.25, -0.2) is 0 Å². The number of aromatic nitrogens is 1. The second-order valence-electron chi connectivity index (χ2n) is 4.76. The van der Waals surface area contributed by atoms with Crippen LogP contribution in [0.2, 0.25) is 0 Å². The van der Waals surface area contributed by atoms with Gasteiger partial charge in [-0.1, -0.05) is 53.8 Å². The van der Waals surface area contributed by atoms with Crippen LogP contribution in [0.5, 0.6) is 0 Å². The van der Waals surface area contributed by atoms with Crippen molar-refractivity contribution < 1.29 is 22.9 Å². The average molecular weight is 463 g/mol. The molecule has 2 aromatic carbocycles. The van der Waals surface area contributed by atoms with Crippen LogP contribution in [0.15, 0.2) is 60.1 Å². The van der Waals surface area contributed by atoms with Crippen molar-refractivity contribution in [3.63, 3.8) is 0 Å². The molecule has 0 bridgehead atoms. The van der Waals surface area contributed by atoms with Gasteiger partial charge in [0.25, 0.3) is 0 Å². The van der Waals surface area contributed by atoms with E-state index in [4.69, 9.17) is 0 Å². The van der Waals surface area contributed by atoms with Crippen LogP contribution in [0.25, 0.3) is 10.2 Å². The van der Waals surface area contributed by atoms with Crippen LogP contribution < -0.4 is 4.57 Å². The third kappa shape index (κ3) is 7.70. The second kappa shape index (κ2) is 5.67. The van der Waals surface area contributed by atoms with Gasteiger partial charge < -0.3 is 0 Å². The Morgan fingerprint density at radius 1 is 0.826 bits per heavy atom. The largest absolute Gasteiger partial charge is 1.00 e. The molecule has 0 unspecified atom stereocenters. The maximum atomic E-state index is 9.93. The number of thiazole rings is 1. The molecule has 0 amide bonds. The van der Waals surface area contributed by atoms with Crippen LogP contribution in [-0.4, -0.2) is 19.5 Å². The van der Waals surface area contributed by atoms with E-state index in [1.54, 1.807) is 11.3 Å². The molecule has 0 aliphatic heterocycles. The topological polar surface area (TPSA) is 3.88 Å². The van der Waals surface area contributed by atoms with Gasteiger partial charge in [0.15, 0.2) is 6.54 Å². The summed E-state index contributed by atoms with van der Waals surface area (Å²) in [6.45, 7) is 0.949. The quantitative estimate of drug-likeness (QED) is 0.269. The Balaban J connectivity index is 0.000000312. The second-order valence-corrected chi connectivity index (χ2v) is 11.1. The van der Waals surface area contributed by atoms with Crippen molar-refractivity contribution in [2.24, 2.45) is 0 Å². The van der Waals surface area contributed by atoms with Gasteiger partial charge in [0.1, 0.15) is 4.70 Å². The Labute approximate surface area is 136 Å². The van der Waals surface area contributed by atoms with Crippen molar-refractivity contribution in [3.05, 3.63) is 65.7 Å². The summed E-state index contributed by atoms with van der Waals surface area (Å²) in [6.07, 6.45) is 0. The Hall–Kier alpha value is -1.27. The molecule has 0 saturated carbocycles. The predicted molar refractivity (Wildman–Crippen MR) is 81.1 cm³/mol. The van der Waals surface area contributed by atoms with E-state index in [1.165, 1.54) is 15.8 Å². The molecule has 3 aromatic rings. The SMILES string of the molecule is [F][Sb-]([F])([F])([F])([F])[F].[H+].c1ccc(C[n+]2csc3ccccc32)cc1. The molecular formula is C14H13F6NSSb+. The molecule has 23 heavy (non-hydrogen) atoms. The Morgan fingerprint density at radius 3 is 1.96 bits per heavy atom. The number of hydrogen-bond acceptors (Lipinski definition) is 1. The molecule has 0 fully saturated rings. The molecule has 126 valence electrons. The Kier molecular flexibility index (Phi) is 4.45. The first-order chi connectivity index (χ1) is 10.4. The molecule has 1 heterocycles. The molecule has 0 saturated heterocycles. The minimum absolute atomic E-state index is 0. The first-order valence-corrected chi connectivity index (χ1v) is 13.0. The van der Waals surface area contributed by atoms with Crippen molar-refractivity contribution in [1.82, 2.24) is 0 Å². The average Bonchev–Trinajstić information content (AvgIpc) is 2.80. The minimum atomic E-state index is -11.2. The minimum Gasteiger partial charge on any atom is -0.184 e. The number of para-hydroxylation sites is 1. The van der Waals surface area contributed by atoms with Gasteiger partial charge in [0.05, 0.1) is 0 Å². The van der Waals surface area contributed by atoms with E-state index in [9.17, 15) is 16.9 Å². The van der Waals surface area contributed by atoms with E-state index in [1.807, 2.05) is 0 Å². The van der Waals surface area contributed by atoms with Gasteiger partial charge in [0.2, 0.25) is 11.0 Å². The molecule has 3 rings (SSSR count). The molecule has 0 aliphatic rings. The maximum Gasteiger partial charge on any atom is 1.00 e. The summed E-state index contributed by atoms with van der Waals surface area (Å²) in [6, 6.07) is 19.1. The van der Waals surface area contributed by atoms with E-state index in [-0.39, 0.29) is 1.43 Å². The van der Waals surface area contributed by atoms with Crippen LogP contribution in [0, 0.1) is 0 Å². The van der Waals surface area contributed by atoms with Gasteiger partial charge in [-0.3, -0.25) is 0 Å². The number of halogens is 6. The zero-order chi connectivity index (χ0) is 17.2. The van der Waals surface area contributed by atoms with E-state index in [2.05, 4.69) is 64.7 Å². The monoisotopic (exact) mass is 462 g/mol. The summed E-state index contributed by atoms with van der Waals surface area (Å²) >= 11 is -9.45. The number of nitrogens with zero attached hydrogens (tertiary/aromatic N) is 1. The van der Waals surface area contributed by atoms with E-state index >= 15 is 0 Å². The standard InChI is InChI=1S/C14H12NS.6FH.Sb/c1-2-6-12(7-3-1)10-15-11-16-14-9-5-4-8-13(14)15;;;;;;;/h1-9,11H,10H2;6*1H;/q+1;;;;;;;+5/p-5. The van der Waals surface area contributed by atoms with Crippen LogP contribution in [-0.2, 0) is 6.54 Å². The molecule has 0 aliphatic carbocycles. The smallest absolute Gasteiger partial charge is 0.184 e. The summed E-state index contributed by atoms with van der Waals surface area (Å²) < 4.78 is 63.2. The summed E-state index contributed by atoms with van der Waals surface area (Å²) in [5, 5.41) is 0. The normalized spacial score (nSPS) is 14.5. The fourth-order valence-corrected chi connectivity index (χ4v) is 2.77. The van der Waals surface area contributed by atoms with Crippen molar-refractivity contribution in [3.8, 4) is 0 Å². The third-order valence-electron chi connectivity index (χ3n) is 2.68. The summed E-state index contributed by atoms with van der Waals surface area (Å²) in [5.41, 5.74) is 4.85. The van der Waals surface area contributed by atoms with Crippen molar-refractivity contribution in [1.29, 1.82) is 0 Å². The van der Waals surface area contributed by atoms with Crippen molar-refractivity contribution in [2.75, 3.05) is 0 Å². The molecule has 1 nitrogen and oxygen atoms in total. The maximum absolute atomic E-state index is 11.2. The fraction of sp³-hybridized carbons (Fsp3) is 0.0714. The van der Waals surface area contributed by atoms with Gasteiger partial charge in [-0.2, -0.15) is 4.57 Å².